The minimum absolute atomic E-state index is 0.237. The molecule has 1 aromatic heterocycles. The summed E-state index contributed by atoms with van der Waals surface area (Å²) in [6.07, 6.45) is 0. The summed E-state index contributed by atoms with van der Waals surface area (Å²) in [5.74, 6) is -1.24. The first-order chi connectivity index (χ1) is 6.91. The standard InChI is InChI=1S/C10H13NO3S/c1-6-4-8(7(2)15-6)10(14)11(3)5-9(12)13/h4H,5H2,1-3H3,(H,12,13). The van der Waals surface area contributed by atoms with E-state index in [1.54, 1.807) is 6.07 Å². The topological polar surface area (TPSA) is 57.6 Å². The van der Waals surface area contributed by atoms with Gasteiger partial charge in [-0.15, -0.1) is 11.3 Å². The number of rotatable bonds is 3. The molecule has 1 rings (SSSR count). The molecule has 82 valence electrons. The first-order valence-electron chi connectivity index (χ1n) is 4.46. The van der Waals surface area contributed by atoms with Gasteiger partial charge in [0.1, 0.15) is 6.54 Å². The van der Waals surface area contributed by atoms with Crippen LogP contribution in [0.15, 0.2) is 6.07 Å². The van der Waals surface area contributed by atoms with E-state index in [1.165, 1.54) is 23.3 Å². The molecule has 0 saturated carbocycles. The van der Waals surface area contributed by atoms with E-state index in [9.17, 15) is 9.59 Å². The van der Waals surface area contributed by atoms with Gasteiger partial charge < -0.3 is 10.0 Å². The zero-order chi connectivity index (χ0) is 11.6. The molecule has 0 atom stereocenters. The molecule has 0 aliphatic rings. The summed E-state index contributed by atoms with van der Waals surface area (Å²) in [5.41, 5.74) is 0.598. The van der Waals surface area contributed by atoms with Crippen LogP contribution in [0.1, 0.15) is 20.1 Å². The summed E-state index contributed by atoms with van der Waals surface area (Å²) in [7, 11) is 1.49. The van der Waals surface area contributed by atoms with E-state index in [0.29, 0.717) is 5.56 Å². The molecule has 0 radical (unpaired) electrons. The zero-order valence-electron chi connectivity index (χ0n) is 8.90. The number of nitrogens with zero attached hydrogens (tertiary/aromatic N) is 1. The van der Waals surface area contributed by atoms with Gasteiger partial charge >= 0.3 is 5.97 Å². The van der Waals surface area contributed by atoms with E-state index in [2.05, 4.69) is 0 Å². The van der Waals surface area contributed by atoms with Gasteiger partial charge in [-0.3, -0.25) is 9.59 Å². The maximum absolute atomic E-state index is 11.8. The molecule has 15 heavy (non-hydrogen) atoms. The van der Waals surface area contributed by atoms with Gasteiger partial charge in [0.2, 0.25) is 0 Å². The fourth-order valence-corrected chi connectivity index (χ4v) is 2.24. The van der Waals surface area contributed by atoms with Crippen molar-refractivity contribution in [1.29, 1.82) is 0 Å². The maximum Gasteiger partial charge on any atom is 0.323 e. The molecule has 0 aliphatic heterocycles. The first-order valence-corrected chi connectivity index (χ1v) is 5.27. The molecule has 1 N–H and O–H groups in total. The smallest absolute Gasteiger partial charge is 0.323 e. The number of hydrogen-bond donors (Lipinski definition) is 1. The van der Waals surface area contributed by atoms with Crippen LogP contribution >= 0.6 is 11.3 Å². The highest BCUT2D eigenvalue weighted by Gasteiger charge is 2.17. The molecule has 0 bridgehead atoms. The molecule has 0 saturated heterocycles. The SMILES string of the molecule is Cc1cc(C(=O)N(C)CC(=O)O)c(C)s1. The minimum atomic E-state index is -1.00. The Bertz CT molecular complexity index is 397. The number of hydrogen-bond acceptors (Lipinski definition) is 3. The lowest BCUT2D eigenvalue weighted by atomic mass is 10.2. The summed E-state index contributed by atoms with van der Waals surface area (Å²) >= 11 is 1.54. The van der Waals surface area contributed by atoms with Crippen LogP contribution in [-0.2, 0) is 4.79 Å². The minimum Gasteiger partial charge on any atom is -0.480 e. The quantitative estimate of drug-likeness (QED) is 0.851. The van der Waals surface area contributed by atoms with Gasteiger partial charge in [0.25, 0.3) is 5.91 Å². The van der Waals surface area contributed by atoms with E-state index in [4.69, 9.17) is 5.11 Å². The molecule has 0 unspecified atom stereocenters. The molecular formula is C10H13NO3S. The first kappa shape index (κ1) is 11.7. The molecule has 5 heteroatoms. The Labute approximate surface area is 92.1 Å². The highest BCUT2D eigenvalue weighted by molar-refractivity contribution is 7.12. The van der Waals surface area contributed by atoms with Crippen LogP contribution in [-0.4, -0.2) is 35.5 Å². The van der Waals surface area contributed by atoms with Gasteiger partial charge in [0, 0.05) is 16.8 Å². The van der Waals surface area contributed by atoms with Crippen molar-refractivity contribution in [2.75, 3.05) is 13.6 Å². The molecule has 1 aromatic rings. The number of aryl methyl sites for hydroxylation is 2. The van der Waals surface area contributed by atoms with E-state index >= 15 is 0 Å². The number of thiophene rings is 1. The van der Waals surface area contributed by atoms with Gasteiger partial charge in [-0.1, -0.05) is 0 Å². The normalized spacial score (nSPS) is 10.1. The van der Waals surface area contributed by atoms with Gasteiger partial charge in [0.05, 0.1) is 5.56 Å². The molecular weight excluding hydrogens is 214 g/mol. The molecule has 0 aromatic carbocycles. The largest absolute Gasteiger partial charge is 0.480 e. The van der Waals surface area contributed by atoms with Gasteiger partial charge in [-0.2, -0.15) is 0 Å². The highest BCUT2D eigenvalue weighted by Crippen LogP contribution is 2.21. The lowest BCUT2D eigenvalue weighted by Gasteiger charge is -2.13. The van der Waals surface area contributed by atoms with Crippen molar-refractivity contribution >= 4 is 23.2 Å². The summed E-state index contributed by atoms with van der Waals surface area (Å²) in [6, 6.07) is 1.79. The molecule has 4 nitrogen and oxygen atoms in total. The Balaban J connectivity index is 2.84. The number of carbonyl (C=O) groups is 2. The van der Waals surface area contributed by atoms with Crippen molar-refractivity contribution in [2.45, 2.75) is 13.8 Å². The fourth-order valence-electron chi connectivity index (χ4n) is 1.32. The van der Waals surface area contributed by atoms with E-state index < -0.39 is 5.97 Å². The predicted molar refractivity (Wildman–Crippen MR) is 58.4 cm³/mol. The maximum atomic E-state index is 11.8. The lowest BCUT2D eigenvalue weighted by Crippen LogP contribution is -2.31. The van der Waals surface area contributed by atoms with Crippen LogP contribution in [0.2, 0.25) is 0 Å². The number of amides is 1. The number of carboxylic acid groups (broad SMARTS) is 1. The second-order valence-electron chi connectivity index (χ2n) is 3.38. The van der Waals surface area contributed by atoms with Crippen molar-refractivity contribution in [3.63, 3.8) is 0 Å². The van der Waals surface area contributed by atoms with Crippen LogP contribution < -0.4 is 0 Å². The third kappa shape index (κ3) is 2.79. The van der Waals surface area contributed by atoms with Gasteiger partial charge in [-0.25, -0.2) is 0 Å². The Kier molecular flexibility index (Phi) is 3.47. The molecule has 0 spiro atoms. The zero-order valence-corrected chi connectivity index (χ0v) is 9.72. The summed E-state index contributed by atoms with van der Waals surface area (Å²) in [6.45, 7) is 3.51. The fraction of sp³-hybridized carbons (Fsp3) is 0.400. The van der Waals surface area contributed by atoms with Crippen molar-refractivity contribution < 1.29 is 14.7 Å². The highest BCUT2D eigenvalue weighted by atomic mass is 32.1. The van der Waals surface area contributed by atoms with Crippen LogP contribution in [0.25, 0.3) is 0 Å². The van der Waals surface area contributed by atoms with E-state index in [1.807, 2.05) is 13.8 Å². The van der Waals surface area contributed by atoms with Gasteiger partial charge in [-0.05, 0) is 19.9 Å². The summed E-state index contributed by atoms with van der Waals surface area (Å²) in [4.78, 5) is 25.4. The molecule has 1 amide bonds. The monoisotopic (exact) mass is 227 g/mol. The Morgan fingerprint density at radius 2 is 2.07 bits per heavy atom. The second kappa shape index (κ2) is 4.44. The predicted octanol–water partition coefficient (Wildman–Crippen LogP) is 1.52. The third-order valence-electron chi connectivity index (χ3n) is 1.99. The Hall–Kier alpha value is -1.36. The molecule has 0 fully saturated rings. The van der Waals surface area contributed by atoms with Crippen LogP contribution in [0.3, 0.4) is 0 Å². The average Bonchev–Trinajstić information content (AvgIpc) is 2.42. The average molecular weight is 227 g/mol. The lowest BCUT2D eigenvalue weighted by molar-refractivity contribution is -0.137. The number of carbonyl (C=O) groups excluding carboxylic acids is 1. The third-order valence-corrected chi connectivity index (χ3v) is 2.96. The van der Waals surface area contributed by atoms with Crippen LogP contribution in [0, 0.1) is 13.8 Å². The summed E-state index contributed by atoms with van der Waals surface area (Å²) in [5, 5.41) is 8.56. The van der Waals surface area contributed by atoms with Crippen LogP contribution in [0.4, 0.5) is 0 Å². The Morgan fingerprint density at radius 1 is 1.47 bits per heavy atom. The number of aliphatic carboxylic acids is 1. The number of likely N-dealkylation sites (N-methyl/N-ethyl adjacent to an activating group) is 1. The summed E-state index contributed by atoms with van der Waals surface area (Å²) < 4.78 is 0. The van der Waals surface area contributed by atoms with Crippen LogP contribution in [0.5, 0.6) is 0 Å². The Morgan fingerprint density at radius 3 is 2.47 bits per heavy atom. The van der Waals surface area contributed by atoms with E-state index in [-0.39, 0.29) is 12.5 Å². The number of carboxylic acids is 1. The van der Waals surface area contributed by atoms with Crippen molar-refractivity contribution in [1.82, 2.24) is 4.90 Å². The van der Waals surface area contributed by atoms with Crippen molar-refractivity contribution in [3.8, 4) is 0 Å². The second-order valence-corrected chi connectivity index (χ2v) is 4.84. The molecule has 0 aliphatic carbocycles. The van der Waals surface area contributed by atoms with E-state index in [0.717, 1.165) is 9.75 Å². The molecule has 1 heterocycles. The van der Waals surface area contributed by atoms with Crippen molar-refractivity contribution in [2.24, 2.45) is 0 Å². The van der Waals surface area contributed by atoms with Crippen molar-refractivity contribution in [3.05, 3.63) is 21.4 Å². The van der Waals surface area contributed by atoms with Gasteiger partial charge in [0.15, 0.2) is 0 Å².